The van der Waals surface area contributed by atoms with Gasteiger partial charge in [-0.3, -0.25) is 9.78 Å². The van der Waals surface area contributed by atoms with Crippen LogP contribution in [0.15, 0.2) is 36.7 Å². The Kier molecular flexibility index (Phi) is 3.35. The third kappa shape index (κ3) is 2.73. The molecule has 0 bridgehead atoms. The molecule has 0 atom stereocenters. The molecule has 4 nitrogen and oxygen atoms in total. The Balaban J connectivity index is 2.05. The predicted octanol–water partition coefficient (Wildman–Crippen LogP) is 3.80. The molecule has 106 valence electrons. The first-order valence-corrected chi connectivity index (χ1v) is 7.28. The van der Waals surface area contributed by atoms with E-state index in [0.717, 1.165) is 27.0 Å². The summed E-state index contributed by atoms with van der Waals surface area (Å²) in [6, 6.07) is 7.77. The van der Waals surface area contributed by atoms with Crippen LogP contribution in [-0.2, 0) is 0 Å². The molecule has 1 amide bonds. The predicted molar refractivity (Wildman–Crippen MR) is 84.1 cm³/mol. The van der Waals surface area contributed by atoms with Crippen LogP contribution >= 0.6 is 11.3 Å². The van der Waals surface area contributed by atoms with E-state index in [2.05, 4.69) is 11.1 Å². The number of thiophene rings is 1. The van der Waals surface area contributed by atoms with Gasteiger partial charge >= 0.3 is 0 Å². The van der Waals surface area contributed by atoms with Gasteiger partial charge < -0.3 is 10.5 Å². The van der Waals surface area contributed by atoms with E-state index in [0.29, 0.717) is 10.6 Å². The molecule has 0 saturated heterocycles. The maximum atomic E-state index is 11.3. The Labute approximate surface area is 126 Å². The number of hydrogen-bond acceptors (Lipinski definition) is 4. The molecule has 0 spiro atoms. The number of hydrogen-bond donors (Lipinski definition) is 1. The van der Waals surface area contributed by atoms with Gasteiger partial charge in [0.25, 0.3) is 5.91 Å². The lowest BCUT2D eigenvalue weighted by molar-refractivity contribution is 0.100. The molecular weight excluding hydrogens is 284 g/mol. The lowest BCUT2D eigenvalue weighted by Gasteiger charge is -2.08. The Bertz CT molecular complexity index is 819. The van der Waals surface area contributed by atoms with Crippen LogP contribution in [0.2, 0.25) is 0 Å². The summed E-state index contributed by atoms with van der Waals surface area (Å²) in [6.45, 7) is 4.04. The number of primary amides is 1. The van der Waals surface area contributed by atoms with Crippen molar-refractivity contribution in [3.63, 3.8) is 0 Å². The molecule has 0 saturated carbocycles. The van der Waals surface area contributed by atoms with Crippen molar-refractivity contribution in [1.82, 2.24) is 4.98 Å². The maximum Gasteiger partial charge on any atom is 0.258 e. The zero-order valence-electron chi connectivity index (χ0n) is 11.7. The largest absolute Gasteiger partial charge is 0.455 e. The van der Waals surface area contributed by atoms with Gasteiger partial charge in [-0.05, 0) is 43.2 Å². The number of pyridine rings is 1. The highest BCUT2D eigenvalue weighted by Gasteiger charge is 2.12. The number of aryl methyl sites for hydroxylation is 2. The second kappa shape index (κ2) is 5.18. The third-order valence-corrected chi connectivity index (χ3v) is 4.16. The van der Waals surface area contributed by atoms with Crippen molar-refractivity contribution in [2.45, 2.75) is 13.8 Å². The molecular formula is C16H14N2O2S. The fourth-order valence-corrected chi connectivity index (χ4v) is 3.15. The van der Waals surface area contributed by atoms with Crippen LogP contribution in [-0.4, -0.2) is 10.9 Å². The fraction of sp³-hybridized carbons (Fsp3) is 0.125. The van der Waals surface area contributed by atoms with E-state index < -0.39 is 5.91 Å². The number of fused-ring (bicyclic) bond motifs is 1. The molecule has 5 heteroatoms. The van der Waals surface area contributed by atoms with Crippen molar-refractivity contribution >= 4 is 27.3 Å². The lowest BCUT2D eigenvalue weighted by Crippen LogP contribution is -2.08. The van der Waals surface area contributed by atoms with Gasteiger partial charge in [-0.15, -0.1) is 11.3 Å². The molecule has 2 heterocycles. The van der Waals surface area contributed by atoms with E-state index in [9.17, 15) is 4.79 Å². The summed E-state index contributed by atoms with van der Waals surface area (Å²) < 4.78 is 6.82. The fourth-order valence-electron chi connectivity index (χ4n) is 2.26. The summed E-state index contributed by atoms with van der Waals surface area (Å²) in [5.41, 5.74) is 7.60. The van der Waals surface area contributed by atoms with Gasteiger partial charge in [-0.25, -0.2) is 0 Å². The van der Waals surface area contributed by atoms with Crippen molar-refractivity contribution < 1.29 is 9.53 Å². The van der Waals surface area contributed by atoms with Gasteiger partial charge in [0.2, 0.25) is 0 Å². The summed E-state index contributed by atoms with van der Waals surface area (Å²) in [5, 5.41) is 0.850. The molecule has 2 N–H and O–H groups in total. The summed E-state index contributed by atoms with van der Waals surface area (Å²) in [4.78, 5) is 16.0. The number of carbonyl (C=O) groups is 1. The van der Waals surface area contributed by atoms with Crippen LogP contribution in [0.5, 0.6) is 11.5 Å². The minimum absolute atomic E-state index is 0.437. The van der Waals surface area contributed by atoms with Crippen molar-refractivity contribution in [2.75, 3.05) is 0 Å². The number of aromatic nitrogens is 1. The SMILES string of the molecule is Cc1cc(C)cc(Oc2cncc3sc(C(N)=O)cc23)c1. The Morgan fingerprint density at radius 1 is 1.14 bits per heavy atom. The zero-order chi connectivity index (χ0) is 15.0. The molecule has 0 aliphatic carbocycles. The van der Waals surface area contributed by atoms with Crippen LogP contribution in [0.3, 0.4) is 0 Å². The van der Waals surface area contributed by atoms with Crippen LogP contribution in [0.25, 0.3) is 10.1 Å². The van der Waals surface area contributed by atoms with Crippen molar-refractivity contribution in [3.8, 4) is 11.5 Å². The number of rotatable bonds is 3. The van der Waals surface area contributed by atoms with E-state index in [4.69, 9.17) is 10.5 Å². The van der Waals surface area contributed by atoms with E-state index >= 15 is 0 Å². The minimum atomic E-state index is -0.437. The number of amides is 1. The summed E-state index contributed by atoms with van der Waals surface area (Å²) in [7, 11) is 0. The number of nitrogens with two attached hydrogens (primary N) is 1. The number of benzene rings is 1. The van der Waals surface area contributed by atoms with Crippen LogP contribution in [0.4, 0.5) is 0 Å². The molecule has 2 aromatic heterocycles. The molecule has 3 aromatic rings. The highest BCUT2D eigenvalue weighted by atomic mass is 32.1. The molecule has 0 radical (unpaired) electrons. The molecule has 0 unspecified atom stereocenters. The Morgan fingerprint density at radius 2 is 1.86 bits per heavy atom. The summed E-state index contributed by atoms with van der Waals surface area (Å²) in [6.07, 6.45) is 3.36. The monoisotopic (exact) mass is 298 g/mol. The third-order valence-electron chi connectivity index (χ3n) is 3.08. The summed E-state index contributed by atoms with van der Waals surface area (Å²) in [5.74, 6) is 0.948. The molecule has 0 fully saturated rings. The van der Waals surface area contributed by atoms with Crippen molar-refractivity contribution in [3.05, 3.63) is 52.7 Å². The van der Waals surface area contributed by atoms with Gasteiger partial charge in [-0.1, -0.05) is 6.07 Å². The standard InChI is InChI=1S/C16H14N2O2S/c1-9-3-10(2)5-11(4-9)20-13-7-18-8-15-12(13)6-14(21-15)16(17)19/h3-8H,1-2H3,(H2,17,19). The smallest absolute Gasteiger partial charge is 0.258 e. The molecule has 0 aliphatic heterocycles. The van der Waals surface area contributed by atoms with Crippen molar-refractivity contribution in [1.29, 1.82) is 0 Å². The molecule has 3 rings (SSSR count). The molecule has 21 heavy (non-hydrogen) atoms. The quantitative estimate of drug-likeness (QED) is 0.799. The minimum Gasteiger partial charge on any atom is -0.455 e. The van der Waals surface area contributed by atoms with Gasteiger partial charge in [0.15, 0.2) is 5.75 Å². The molecule has 1 aromatic carbocycles. The normalized spacial score (nSPS) is 10.8. The van der Waals surface area contributed by atoms with Gasteiger partial charge in [0, 0.05) is 11.6 Å². The second-order valence-corrected chi connectivity index (χ2v) is 6.03. The van der Waals surface area contributed by atoms with Gasteiger partial charge in [-0.2, -0.15) is 0 Å². The van der Waals surface area contributed by atoms with Crippen LogP contribution in [0, 0.1) is 13.8 Å². The Hall–Kier alpha value is -2.40. The molecule has 0 aliphatic rings. The summed E-state index contributed by atoms with van der Waals surface area (Å²) >= 11 is 1.32. The van der Waals surface area contributed by atoms with Crippen LogP contribution < -0.4 is 10.5 Å². The highest BCUT2D eigenvalue weighted by molar-refractivity contribution is 7.20. The topological polar surface area (TPSA) is 65.2 Å². The first-order valence-electron chi connectivity index (χ1n) is 6.46. The second-order valence-electron chi connectivity index (χ2n) is 4.95. The van der Waals surface area contributed by atoms with Crippen LogP contribution in [0.1, 0.15) is 20.8 Å². The average molecular weight is 298 g/mol. The van der Waals surface area contributed by atoms with Gasteiger partial charge in [0.05, 0.1) is 15.8 Å². The van der Waals surface area contributed by atoms with Crippen molar-refractivity contribution in [2.24, 2.45) is 5.73 Å². The number of nitrogens with zero attached hydrogens (tertiary/aromatic N) is 1. The Morgan fingerprint density at radius 3 is 2.52 bits per heavy atom. The first kappa shape index (κ1) is 13.6. The van der Waals surface area contributed by atoms with E-state index in [1.165, 1.54) is 11.3 Å². The lowest BCUT2D eigenvalue weighted by atomic mass is 10.1. The first-order chi connectivity index (χ1) is 10.0. The maximum absolute atomic E-state index is 11.3. The van der Waals surface area contributed by atoms with E-state index in [1.807, 2.05) is 26.0 Å². The van der Waals surface area contributed by atoms with Gasteiger partial charge in [0.1, 0.15) is 5.75 Å². The zero-order valence-corrected chi connectivity index (χ0v) is 12.5. The number of ether oxygens (including phenoxy) is 1. The number of carbonyl (C=O) groups excluding carboxylic acids is 1. The van der Waals surface area contributed by atoms with E-state index in [-0.39, 0.29) is 0 Å². The highest BCUT2D eigenvalue weighted by Crippen LogP contribution is 2.34. The average Bonchev–Trinajstić information content (AvgIpc) is 2.82. The van der Waals surface area contributed by atoms with E-state index in [1.54, 1.807) is 18.5 Å².